The standard InChI is InChI=1S/C15H14N4O5/c1-8(20)16-7-12(21)18-10-4-2-9(3-5-10)13-17-6-11(15(23)24)14(22)19-13/h2-6H,7H2,1H3,(H,16,20)(H,18,21)(H,23,24)(H,17,19,22). The lowest BCUT2D eigenvalue weighted by molar-refractivity contribution is -0.122. The minimum atomic E-state index is -1.32. The summed E-state index contributed by atoms with van der Waals surface area (Å²) in [5.41, 5.74) is 0.642. The summed E-state index contributed by atoms with van der Waals surface area (Å²) >= 11 is 0. The zero-order valence-corrected chi connectivity index (χ0v) is 12.6. The number of carboxylic acids is 1. The summed E-state index contributed by atoms with van der Waals surface area (Å²) in [5, 5.41) is 23.4. The molecule has 2 rings (SSSR count). The van der Waals surface area contributed by atoms with Gasteiger partial charge >= 0.3 is 5.97 Å². The summed E-state index contributed by atoms with van der Waals surface area (Å²) in [7, 11) is 0. The van der Waals surface area contributed by atoms with Crippen molar-refractivity contribution in [1.29, 1.82) is 0 Å². The van der Waals surface area contributed by atoms with E-state index in [2.05, 4.69) is 20.6 Å². The number of aromatic carboxylic acids is 1. The van der Waals surface area contributed by atoms with Crippen LogP contribution in [0.3, 0.4) is 0 Å². The topological polar surface area (TPSA) is 142 Å². The van der Waals surface area contributed by atoms with Gasteiger partial charge in [0.05, 0.1) is 6.54 Å². The molecule has 2 amide bonds. The minimum Gasteiger partial charge on any atom is -0.493 e. The number of hydrogen-bond acceptors (Lipinski definition) is 6. The van der Waals surface area contributed by atoms with Crippen molar-refractivity contribution >= 4 is 23.5 Å². The molecular weight excluding hydrogens is 316 g/mol. The highest BCUT2D eigenvalue weighted by Gasteiger charge is 2.13. The molecule has 9 nitrogen and oxygen atoms in total. The van der Waals surface area contributed by atoms with Gasteiger partial charge in [0, 0.05) is 24.4 Å². The fraction of sp³-hybridized carbons (Fsp3) is 0.133. The van der Waals surface area contributed by atoms with Crippen molar-refractivity contribution in [2.75, 3.05) is 11.9 Å². The largest absolute Gasteiger partial charge is 0.493 e. The molecule has 1 aromatic heterocycles. The van der Waals surface area contributed by atoms with Gasteiger partial charge in [-0.15, -0.1) is 0 Å². The van der Waals surface area contributed by atoms with Crippen molar-refractivity contribution in [2.45, 2.75) is 6.92 Å². The normalized spacial score (nSPS) is 10.0. The molecule has 9 heteroatoms. The van der Waals surface area contributed by atoms with Gasteiger partial charge in [0.1, 0.15) is 5.56 Å². The predicted octanol–water partition coefficient (Wildman–Crippen LogP) is 0.622. The number of aromatic nitrogens is 2. The van der Waals surface area contributed by atoms with Crippen LogP contribution < -0.4 is 10.6 Å². The first-order chi connectivity index (χ1) is 11.4. The number of nitrogens with one attached hydrogen (secondary N) is 2. The first kappa shape index (κ1) is 16.9. The summed E-state index contributed by atoms with van der Waals surface area (Å²) in [4.78, 5) is 40.7. The van der Waals surface area contributed by atoms with E-state index in [1.54, 1.807) is 24.3 Å². The number of carbonyl (C=O) groups excluding carboxylic acids is 2. The smallest absolute Gasteiger partial charge is 0.342 e. The summed E-state index contributed by atoms with van der Waals surface area (Å²) in [5.74, 6) is -2.48. The molecule has 0 saturated carbocycles. The zero-order chi connectivity index (χ0) is 17.7. The SMILES string of the molecule is CC(=O)NCC(=O)Nc1ccc(-c2ncc(C(=O)O)c(O)n2)cc1. The third kappa shape index (κ3) is 4.26. The van der Waals surface area contributed by atoms with Gasteiger partial charge in [0.25, 0.3) is 0 Å². The molecule has 0 atom stereocenters. The number of hydrogen-bond donors (Lipinski definition) is 4. The molecule has 24 heavy (non-hydrogen) atoms. The molecule has 124 valence electrons. The Morgan fingerprint density at radius 3 is 2.38 bits per heavy atom. The van der Waals surface area contributed by atoms with Gasteiger partial charge in [0.2, 0.25) is 17.7 Å². The average Bonchev–Trinajstić information content (AvgIpc) is 2.53. The van der Waals surface area contributed by atoms with Crippen molar-refractivity contribution in [2.24, 2.45) is 0 Å². The van der Waals surface area contributed by atoms with E-state index in [0.29, 0.717) is 11.3 Å². The lowest BCUT2D eigenvalue weighted by atomic mass is 10.2. The predicted molar refractivity (Wildman–Crippen MR) is 83.4 cm³/mol. The van der Waals surface area contributed by atoms with Gasteiger partial charge < -0.3 is 20.8 Å². The maximum absolute atomic E-state index is 11.6. The molecule has 0 unspecified atom stereocenters. The van der Waals surface area contributed by atoms with E-state index in [0.717, 1.165) is 6.20 Å². The number of anilines is 1. The Labute approximate surface area is 136 Å². The maximum Gasteiger partial charge on any atom is 0.342 e. The second-order valence-electron chi connectivity index (χ2n) is 4.77. The van der Waals surface area contributed by atoms with Crippen LogP contribution in [0.1, 0.15) is 17.3 Å². The molecule has 0 bridgehead atoms. The first-order valence-electron chi connectivity index (χ1n) is 6.81. The first-order valence-corrected chi connectivity index (χ1v) is 6.81. The Hall–Kier alpha value is -3.49. The van der Waals surface area contributed by atoms with E-state index in [-0.39, 0.29) is 29.7 Å². The molecular formula is C15H14N4O5. The van der Waals surface area contributed by atoms with Crippen molar-refractivity contribution in [3.63, 3.8) is 0 Å². The van der Waals surface area contributed by atoms with Crippen molar-refractivity contribution in [3.05, 3.63) is 36.0 Å². The van der Waals surface area contributed by atoms with E-state index >= 15 is 0 Å². The Kier molecular flexibility index (Phi) is 5.05. The summed E-state index contributed by atoms with van der Waals surface area (Å²) in [6.45, 7) is 1.18. The van der Waals surface area contributed by atoms with Crippen LogP contribution >= 0.6 is 0 Å². The Morgan fingerprint density at radius 2 is 1.83 bits per heavy atom. The van der Waals surface area contributed by atoms with E-state index in [4.69, 9.17) is 5.11 Å². The molecule has 0 aliphatic heterocycles. The van der Waals surface area contributed by atoms with Gasteiger partial charge in [-0.1, -0.05) is 0 Å². The highest BCUT2D eigenvalue weighted by atomic mass is 16.4. The molecule has 0 aliphatic rings. The molecule has 0 spiro atoms. The molecule has 0 fully saturated rings. The molecule has 4 N–H and O–H groups in total. The van der Waals surface area contributed by atoms with Gasteiger partial charge in [-0.3, -0.25) is 9.59 Å². The fourth-order valence-electron chi connectivity index (χ4n) is 1.78. The van der Waals surface area contributed by atoms with Crippen LogP contribution in [0.4, 0.5) is 5.69 Å². The number of aromatic hydroxyl groups is 1. The molecule has 0 radical (unpaired) electrons. The lowest BCUT2D eigenvalue weighted by Gasteiger charge is -2.07. The van der Waals surface area contributed by atoms with Gasteiger partial charge in [0.15, 0.2) is 5.82 Å². The van der Waals surface area contributed by atoms with Crippen LogP contribution in [-0.2, 0) is 9.59 Å². The van der Waals surface area contributed by atoms with E-state index in [1.165, 1.54) is 6.92 Å². The molecule has 0 aliphatic carbocycles. The van der Waals surface area contributed by atoms with Crippen LogP contribution in [0.2, 0.25) is 0 Å². The zero-order valence-electron chi connectivity index (χ0n) is 12.6. The highest BCUT2D eigenvalue weighted by molar-refractivity contribution is 5.94. The van der Waals surface area contributed by atoms with Crippen LogP contribution in [0, 0.1) is 0 Å². The molecule has 1 aromatic carbocycles. The van der Waals surface area contributed by atoms with Crippen LogP contribution in [0.25, 0.3) is 11.4 Å². The van der Waals surface area contributed by atoms with Gasteiger partial charge in [-0.05, 0) is 24.3 Å². The molecule has 1 heterocycles. The number of carboxylic acid groups (broad SMARTS) is 1. The third-order valence-corrected chi connectivity index (χ3v) is 2.92. The van der Waals surface area contributed by atoms with Crippen molar-refractivity contribution in [1.82, 2.24) is 15.3 Å². The monoisotopic (exact) mass is 330 g/mol. The number of benzene rings is 1. The Balaban J connectivity index is 2.09. The van der Waals surface area contributed by atoms with Crippen molar-refractivity contribution < 1.29 is 24.6 Å². The molecule has 0 saturated heterocycles. The second kappa shape index (κ2) is 7.18. The summed E-state index contributed by atoms with van der Waals surface area (Å²) < 4.78 is 0. The second-order valence-corrected chi connectivity index (χ2v) is 4.77. The Morgan fingerprint density at radius 1 is 1.17 bits per heavy atom. The highest BCUT2D eigenvalue weighted by Crippen LogP contribution is 2.21. The number of nitrogens with zero attached hydrogens (tertiary/aromatic N) is 2. The van der Waals surface area contributed by atoms with E-state index in [1.807, 2.05) is 0 Å². The fourth-order valence-corrected chi connectivity index (χ4v) is 1.78. The molecule has 2 aromatic rings. The van der Waals surface area contributed by atoms with Crippen LogP contribution in [0.15, 0.2) is 30.5 Å². The van der Waals surface area contributed by atoms with Gasteiger partial charge in [-0.2, -0.15) is 4.98 Å². The lowest BCUT2D eigenvalue weighted by Crippen LogP contribution is -2.31. The van der Waals surface area contributed by atoms with Crippen LogP contribution in [0.5, 0.6) is 5.88 Å². The maximum atomic E-state index is 11.6. The summed E-state index contributed by atoms with van der Waals surface area (Å²) in [6.07, 6.45) is 1.02. The number of amides is 2. The number of carbonyl (C=O) groups is 3. The van der Waals surface area contributed by atoms with Gasteiger partial charge in [-0.25, -0.2) is 9.78 Å². The van der Waals surface area contributed by atoms with E-state index < -0.39 is 11.8 Å². The van der Waals surface area contributed by atoms with Crippen LogP contribution in [-0.4, -0.2) is 44.5 Å². The van der Waals surface area contributed by atoms with Crippen molar-refractivity contribution in [3.8, 4) is 17.3 Å². The quantitative estimate of drug-likeness (QED) is 0.629. The Bertz CT molecular complexity index is 789. The minimum absolute atomic E-state index is 0.134. The number of rotatable bonds is 5. The average molecular weight is 330 g/mol. The summed E-state index contributed by atoms with van der Waals surface area (Å²) in [6, 6.07) is 6.38. The van der Waals surface area contributed by atoms with E-state index in [9.17, 15) is 19.5 Å². The third-order valence-electron chi connectivity index (χ3n) is 2.92.